The van der Waals surface area contributed by atoms with Gasteiger partial charge in [-0.15, -0.1) is 0 Å². The Balaban J connectivity index is 1.90. The molecule has 0 radical (unpaired) electrons. The van der Waals surface area contributed by atoms with E-state index in [1.165, 1.54) is 0 Å². The fraction of sp³-hybridized carbons (Fsp3) is 0.269. The van der Waals surface area contributed by atoms with Crippen molar-refractivity contribution < 1.29 is 9.53 Å². The van der Waals surface area contributed by atoms with Crippen LogP contribution >= 0.6 is 11.8 Å². The zero-order valence-electron chi connectivity index (χ0n) is 18.0. The number of pyridine rings is 1. The molecule has 2 unspecified atom stereocenters. The number of hydrogen-bond donors (Lipinski definition) is 1. The molecule has 2 aliphatic rings. The molecule has 2 atom stereocenters. The van der Waals surface area contributed by atoms with Gasteiger partial charge >= 0.3 is 5.97 Å². The Morgan fingerprint density at radius 1 is 1.28 bits per heavy atom. The number of nitrogens with one attached hydrogen (secondary N) is 1. The summed E-state index contributed by atoms with van der Waals surface area (Å²) >= 11 is 1.65. The number of carbonyl (C=O) groups is 1. The van der Waals surface area contributed by atoms with E-state index in [1.807, 2.05) is 42.5 Å². The van der Waals surface area contributed by atoms with E-state index in [9.17, 15) is 10.1 Å². The van der Waals surface area contributed by atoms with Crippen molar-refractivity contribution in [1.82, 2.24) is 10.3 Å². The number of esters is 1. The van der Waals surface area contributed by atoms with Crippen LogP contribution in [0.3, 0.4) is 0 Å². The van der Waals surface area contributed by atoms with Crippen molar-refractivity contribution in [3.8, 4) is 6.07 Å². The fourth-order valence-corrected chi connectivity index (χ4v) is 5.28. The summed E-state index contributed by atoms with van der Waals surface area (Å²) < 4.78 is 5.46. The van der Waals surface area contributed by atoms with E-state index in [0.29, 0.717) is 16.8 Å². The highest BCUT2D eigenvalue weighted by atomic mass is 32.2. The Morgan fingerprint density at radius 2 is 2.12 bits per heavy atom. The number of nitrogens with zero attached hydrogens (tertiary/aromatic N) is 2. The minimum atomic E-state index is -0.556. The molecule has 0 saturated carbocycles. The predicted octanol–water partition coefficient (Wildman–Crippen LogP) is 5.32. The first-order valence-corrected chi connectivity index (χ1v) is 11.7. The van der Waals surface area contributed by atoms with Crippen molar-refractivity contribution in [1.29, 1.82) is 5.26 Å². The summed E-state index contributed by atoms with van der Waals surface area (Å²) in [6.07, 6.45) is 11.1. The third-order valence-electron chi connectivity index (χ3n) is 5.51. The van der Waals surface area contributed by atoms with Crippen LogP contribution in [0.4, 0.5) is 0 Å². The first-order valence-electron chi connectivity index (χ1n) is 10.8. The quantitative estimate of drug-likeness (QED) is 0.481. The third-order valence-corrected chi connectivity index (χ3v) is 6.76. The fourth-order valence-electron chi connectivity index (χ4n) is 4.05. The molecule has 0 amide bonds. The minimum absolute atomic E-state index is 0.254. The SMILES string of the molecule is CCOC(=O)C1=C(c2ccccc2)NC(SC2C=CCCC2)=C(C#N)C1c1cccnc1. The van der Waals surface area contributed by atoms with E-state index >= 15 is 0 Å². The number of nitriles is 1. The van der Waals surface area contributed by atoms with E-state index in [-0.39, 0.29) is 11.9 Å². The molecular weight excluding hydrogens is 418 g/mol. The molecule has 32 heavy (non-hydrogen) atoms. The zero-order chi connectivity index (χ0) is 22.3. The third kappa shape index (κ3) is 4.63. The number of hydrogen-bond acceptors (Lipinski definition) is 6. The standard InChI is InChI=1S/C26H25N3O2S/c1-2-31-26(30)23-22(19-12-9-15-28-17-19)21(16-27)25(32-20-13-7-4-8-14-20)29-24(23)18-10-5-3-6-11-18/h3,5-7,9-13,15,17,20,22,29H,2,4,8,14H2,1H3. The normalized spacial score (nSPS) is 20.5. The van der Waals surface area contributed by atoms with Crippen LogP contribution < -0.4 is 5.32 Å². The van der Waals surface area contributed by atoms with Crippen molar-refractivity contribution in [2.45, 2.75) is 37.4 Å². The van der Waals surface area contributed by atoms with Crippen LogP contribution in [-0.2, 0) is 9.53 Å². The number of dihydropyridines is 1. The van der Waals surface area contributed by atoms with E-state index in [1.54, 1.807) is 31.1 Å². The van der Waals surface area contributed by atoms with Gasteiger partial charge in [0.1, 0.15) is 0 Å². The number of benzene rings is 1. The number of thioether (sulfide) groups is 1. The summed E-state index contributed by atoms with van der Waals surface area (Å²) in [5.74, 6) is -0.985. The molecule has 1 aromatic heterocycles. The molecule has 6 heteroatoms. The van der Waals surface area contributed by atoms with Gasteiger partial charge in [-0.1, -0.05) is 60.3 Å². The maximum absolute atomic E-state index is 13.2. The highest BCUT2D eigenvalue weighted by Gasteiger charge is 2.37. The molecular formula is C26H25N3O2S. The molecule has 0 saturated heterocycles. The van der Waals surface area contributed by atoms with E-state index in [2.05, 4.69) is 28.5 Å². The first kappa shape index (κ1) is 21.9. The zero-order valence-corrected chi connectivity index (χ0v) is 18.8. The smallest absolute Gasteiger partial charge is 0.337 e. The monoisotopic (exact) mass is 443 g/mol. The first-order chi connectivity index (χ1) is 15.7. The molecule has 1 aromatic carbocycles. The van der Waals surface area contributed by atoms with E-state index in [4.69, 9.17) is 4.74 Å². The van der Waals surface area contributed by atoms with Crippen molar-refractivity contribution >= 4 is 23.4 Å². The summed E-state index contributed by atoms with van der Waals surface area (Å²) in [5.41, 5.74) is 3.30. The maximum Gasteiger partial charge on any atom is 0.337 e. The number of allylic oxidation sites excluding steroid dienone is 2. The lowest BCUT2D eigenvalue weighted by atomic mass is 9.82. The molecule has 1 aliphatic heterocycles. The van der Waals surface area contributed by atoms with Gasteiger partial charge < -0.3 is 10.1 Å². The Morgan fingerprint density at radius 3 is 2.78 bits per heavy atom. The lowest BCUT2D eigenvalue weighted by molar-refractivity contribution is -0.138. The van der Waals surface area contributed by atoms with Gasteiger partial charge in [-0.2, -0.15) is 5.26 Å². The molecule has 2 heterocycles. The second-order valence-electron chi connectivity index (χ2n) is 7.59. The van der Waals surface area contributed by atoms with Crippen LogP contribution in [0.1, 0.15) is 43.2 Å². The highest BCUT2D eigenvalue weighted by Crippen LogP contribution is 2.44. The van der Waals surface area contributed by atoms with E-state index < -0.39 is 11.9 Å². The molecule has 5 nitrogen and oxygen atoms in total. The topological polar surface area (TPSA) is 75.0 Å². The van der Waals surface area contributed by atoms with Crippen molar-refractivity contribution in [2.75, 3.05) is 6.61 Å². The number of rotatable bonds is 6. The summed E-state index contributed by atoms with van der Waals surface area (Å²) in [6.45, 7) is 2.04. The van der Waals surface area contributed by atoms with Crippen molar-refractivity contribution in [3.63, 3.8) is 0 Å². The van der Waals surface area contributed by atoms with Crippen LogP contribution in [0.25, 0.3) is 5.70 Å². The Kier molecular flexibility index (Phi) is 7.08. The van der Waals surface area contributed by atoms with Crippen LogP contribution in [-0.4, -0.2) is 22.8 Å². The van der Waals surface area contributed by atoms with Gasteiger partial charge in [0, 0.05) is 17.6 Å². The van der Waals surface area contributed by atoms with Crippen LogP contribution in [0.15, 0.2) is 83.2 Å². The molecule has 0 bridgehead atoms. The molecule has 2 aromatic rings. The molecule has 162 valence electrons. The second-order valence-corrected chi connectivity index (χ2v) is 8.84. The van der Waals surface area contributed by atoms with Gasteiger partial charge in [0.15, 0.2) is 0 Å². The maximum atomic E-state index is 13.2. The summed E-state index contributed by atoms with van der Waals surface area (Å²) in [5, 5.41) is 14.8. The Hall–Kier alpha value is -3.30. The van der Waals surface area contributed by atoms with E-state index in [0.717, 1.165) is 35.4 Å². The predicted molar refractivity (Wildman–Crippen MR) is 127 cm³/mol. The van der Waals surface area contributed by atoms with Gasteiger partial charge in [0.05, 0.1) is 40.5 Å². The number of aromatic nitrogens is 1. The highest BCUT2D eigenvalue weighted by molar-refractivity contribution is 8.03. The largest absolute Gasteiger partial charge is 0.463 e. The van der Waals surface area contributed by atoms with Gasteiger partial charge in [-0.25, -0.2) is 4.79 Å². The van der Waals surface area contributed by atoms with Gasteiger partial charge in [0.2, 0.25) is 0 Å². The number of ether oxygens (including phenoxy) is 1. The molecule has 1 N–H and O–H groups in total. The van der Waals surface area contributed by atoms with Gasteiger partial charge in [-0.05, 0) is 43.4 Å². The van der Waals surface area contributed by atoms with Crippen molar-refractivity contribution in [2.24, 2.45) is 0 Å². The average molecular weight is 444 g/mol. The summed E-state index contributed by atoms with van der Waals surface area (Å²) in [6, 6.07) is 15.9. The molecule has 4 rings (SSSR count). The Bertz CT molecular complexity index is 1100. The minimum Gasteiger partial charge on any atom is -0.463 e. The summed E-state index contributed by atoms with van der Waals surface area (Å²) in [7, 11) is 0. The van der Waals surface area contributed by atoms with Crippen molar-refractivity contribution in [3.05, 3.63) is 94.3 Å². The van der Waals surface area contributed by atoms with Crippen LogP contribution in [0, 0.1) is 11.3 Å². The van der Waals surface area contributed by atoms with Gasteiger partial charge in [0.25, 0.3) is 0 Å². The molecule has 0 spiro atoms. The van der Waals surface area contributed by atoms with Gasteiger partial charge in [-0.3, -0.25) is 4.98 Å². The Labute approximate surface area is 192 Å². The lowest BCUT2D eigenvalue weighted by Crippen LogP contribution is -2.30. The second kappa shape index (κ2) is 10.3. The number of carbonyl (C=O) groups excluding carboxylic acids is 1. The summed E-state index contributed by atoms with van der Waals surface area (Å²) in [4.78, 5) is 17.5. The molecule has 0 fully saturated rings. The lowest BCUT2D eigenvalue weighted by Gasteiger charge is -2.31. The average Bonchev–Trinajstić information content (AvgIpc) is 2.85. The van der Waals surface area contributed by atoms with Crippen LogP contribution in [0.5, 0.6) is 0 Å². The molecule has 1 aliphatic carbocycles. The van der Waals surface area contributed by atoms with Crippen LogP contribution in [0.2, 0.25) is 0 Å².